The maximum absolute atomic E-state index is 13.5. The van der Waals surface area contributed by atoms with E-state index in [2.05, 4.69) is 20.5 Å². The highest BCUT2D eigenvalue weighted by molar-refractivity contribution is 6.38. The van der Waals surface area contributed by atoms with Crippen LogP contribution in [0.4, 0.5) is 5.69 Å². The molecule has 0 fully saturated rings. The van der Waals surface area contributed by atoms with E-state index < -0.39 is 5.97 Å². The molecule has 7 heteroatoms. The van der Waals surface area contributed by atoms with Crippen molar-refractivity contribution in [3.05, 3.63) is 70.8 Å². The molecule has 2 aromatic carbocycles. The lowest BCUT2D eigenvalue weighted by Gasteiger charge is -2.22. The molecule has 0 saturated carbocycles. The smallest absolute Gasteiger partial charge is 0.358 e. The molecule has 0 saturated heterocycles. The van der Waals surface area contributed by atoms with Gasteiger partial charge in [0.2, 0.25) is 0 Å². The van der Waals surface area contributed by atoms with E-state index in [-0.39, 0.29) is 16.9 Å². The van der Waals surface area contributed by atoms with E-state index in [4.69, 9.17) is 5.90 Å². The van der Waals surface area contributed by atoms with Crippen LogP contribution in [-0.2, 0) is 16.1 Å². The number of rotatable bonds is 5. The third-order valence-electron chi connectivity index (χ3n) is 5.29. The van der Waals surface area contributed by atoms with E-state index in [9.17, 15) is 9.59 Å². The molecule has 0 spiro atoms. The summed E-state index contributed by atoms with van der Waals surface area (Å²) in [5.74, 6) is 4.61. The van der Waals surface area contributed by atoms with Crippen LogP contribution in [0, 0.1) is 0 Å². The van der Waals surface area contributed by atoms with Crippen LogP contribution in [0.3, 0.4) is 0 Å². The van der Waals surface area contributed by atoms with Crippen molar-refractivity contribution in [2.45, 2.75) is 19.3 Å². The first kappa shape index (κ1) is 19.8. The summed E-state index contributed by atoms with van der Waals surface area (Å²) >= 11 is 0. The van der Waals surface area contributed by atoms with E-state index in [1.165, 1.54) is 0 Å². The number of hydrogen-bond donors (Lipinski definition) is 3. The van der Waals surface area contributed by atoms with Gasteiger partial charge in [0.1, 0.15) is 5.84 Å². The zero-order valence-corrected chi connectivity index (χ0v) is 16.6. The van der Waals surface area contributed by atoms with Crippen molar-refractivity contribution in [2.24, 2.45) is 10.9 Å². The van der Waals surface area contributed by atoms with Gasteiger partial charge in [0.25, 0.3) is 0 Å². The highest BCUT2D eigenvalue weighted by Crippen LogP contribution is 2.30. The Kier molecular flexibility index (Phi) is 5.90. The minimum absolute atomic E-state index is 0.118. The number of fused-ring (bicyclic) bond motifs is 1. The highest BCUT2D eigenvalue weighted by atomic mass is 16.7. The first-order chi connectivity index (χ1) is 14.7. The number of benzene rings is 2. The van der Waals surface area contributed by atoms with E-state index in [1.54, 1.807) is 24.3 Å². The number of ketones is 1. The van der Waals surface area contributed by atoms with Crippen LogP contribution in [0.5, 0.6) is 0 Å². The number of aliphatic imine (C=N–C) groups is 1. The second-order valence-corrected chi connectivity index (χ2v) is 7.26. The lowest BCUT2D eigenvalue weighted by atomic mass is 9.90. The Morgan fingerprint density at radius 3 is 2.47 bits per heavy atom. The van der Waals surface area contributed by atoms with Gasteiger partial charge in [-0.25, -0.2) is 4.79 Å². The van der Waals surface area contributed by atoms with Gasteiger partial charge in [-0.3, -0.25) is 9.79 Å². The number of carbonyl (C=O) groups excluding carboxylic acids is 2. The number of nitrogens with two attached hydrogens (primary N) is 1. The molecule has 4 N–H and O–H groups in total. The molecule has 2 aliphatic heterocycles. The fraction of sp³-hybridized carbons (Fsp3) is 0.261. The van der Waals surface area contributed by atoms with Crippen LogP contribution < -0.4 is 16.5 Å². The van der Waals surface area contributed by atoms with Crippen LogP contribution in [0.1, 0.15) is 34.3 Å². The Balaban J connectivity index is 1.93. The number of aryl methyl sites for hydroxylation is 1. The van der Waals surface area contributed by atoms with Crippen LogP contribution in [0.15, 0.2) is 59.1 Å². The number of nitrogens with one attached hydrogen (secondary N) is 2. The summed E-state index contributed by atoms with van der Waals surface area (Å²) in [5.41, 5.74) is 3.47. The summed E-state index contributed by atoms with van der Waals surface area (Å²) in [4.78, 5) is 35.5. The molecule has 2 aliphatic rings. The van der Waals surface area contributed by atoms with Crippen molar-refractivity contribution in [3.63, 3.8) is 0 Å². The average molecular weight is 404 g/mol. The van der Waals surface area contributed by atoms with Gasteiger partial charge >= 0.3 is 5.97 Å². The van der Waals surface area contributed by atoms with Gasteiger partial charge in [-0.15, -0.1) is 0 Å². The van der Waals surface area contributed by atoms with Crippen LogP contribution >= 0.6 is 0 Å². The maximum Gasteiger partial charge on any atom is 0.358 e. The van der Waals surface area contributed by atoms with Gasteiger partial charge in [0.05, 0.1) is 11.1 Å². The van der Waals surface area contributed by atoms with Gasteiger partial charge in [-0.05, 0) is 42.5 Å². The fourth-order valence-electron chi connectivity index (χ4n) is 3.83. The normalized spacial score (nSPS) is 16.2. The summed E-state index contributed by atoms with van der Waals surface area (Å²) in [6.07, 6.45) is 2.75. The third-order valence-corrected chi connectivity index (χ3v) is 5.29. The third kappa shape index (κ3) is 3.97. The number of amidine groups is 1. The molecule has 2 heterocycles. The SMILES string of the molecule is NOC(=O)C(=C(C(=O)c1ccccc1)C1=NCCCN1)c1ccc2c(c1)CCCN2. The van der Waals surface area contributed by atoms with Gasteiger partial charge in [-0.1, -0.05) is 36.4 Å². The minimum atomic E-state index is -0.770. The Morgan fingerprint density at radius 2 is 1.73 bits per heavy atom. The lowest BCUT2D eigenvalue weighted by Crippen LogP contribution is -2.35. The second kappa shape index (κ2) is 8.92. The van der Waals surface area contributed by atoms with Gasteiger partial charge in [0, 0.05) is 30.9 Å². The van der Waals surface area contributed by atoms with Crippen molar-refractivity contribution in [2.75, 3.05) is 25.0 Å². The van der Waals surface area contributed by atoms with Crippen LogP contribution in [-0.4, -0.2) is 37.2 Å². The van der Waals surface area contributed by atoms with Crippen molar-refractivity contribution in [3.8, 4) is 0 Å². The highest BCUT2D eigenvalue weighted by Gasteiger charge is 2.29. The fourth-order valence-corrected chi connectivity index (χ4v) is 3.83. The average Bonchev–Trinajstić information content (AvgIpc) is 2.82. The van der Waals surface area contributed by atoms with Crippen molar-refractivity contribution < 1.29 is 14.4 Å². The molecule has 2 aromatic rings. The molecule has 0 atom stereocenters. The molecule has 7 nitrogen and oxygen atoms in total. The molecule has 0 radical (unpaired) electrons. The first-order valence-corrected chi connectivity index (χ1v) is 10.1. The lowest BCUT2D eigenvalue weighted by molar-refractivity contribution is -0.137. The van der Waals surface area contributed by atoms with Crippen molar-refractivity contribution >= 4 is 28.8 Å². The predicted molar refractivity (Wildman–Crippen MR) is 116 cm³/mol. The Bertz CT molecular complexity index is 1030. The molecule has 154 valence electrons. The van der Waals surface area contributed by atoms with Crippen molar-refractivity contribution in [1.82, 2.24) is 5.32 Å². The second-order valence-electron chi connectivity index (χ2n) is 7.26. The minimum Gasteiger partial charge on any atom is -0.385 e. The van der Waals surface area contributed by atoms with Gasteiger partial charge < -0.3 is 15.5 Å². The molecular weight excluding hydrogens is 380 g/mol. The number of hydrogen-bond acceptors (Lipinski definition) is 7. The number of Topliss-reactive ketones (excluding diaryl/α,β-unsaturated/α-hetero) is 1. The van der Waals surface area contributed by atoms with Crippen molar-refractivity contribution in [1.29, 1.82) is 0 Å². The first-order valence-electron chi connectivity index (χ1n) is 10.1. The summed E-state index contributed by atoms with van der Waals surface area (Å²) in [5, 5.41) is 6.52. The summed E-state index contributed by atoms with van der Waals surface area (Å²) in [6, 6.07) is 14.5. The Morgan fingerprint density at radius 1 is 0.933 bits per heavy atom. The monoisotopic (exact) mass is 404 g/mol. The number of anilines is 1. The summed E-state index contributed by atoms with van der Waals surface area (Å²) < 4.78 is 0. The number of nitrogens with zero attached hydrogens (tertiary/aromatic N) is 1. The van der Waals surface area contributed by atoms with Crippen LogP contribution in [0.2, 0.25) is 0 Å². The molecule has 0 aliphatic carbocycles. The van der Waals surface area contributed by atoms with E-state index in [0.717, 1.165) is 37.1 Å². The maximum atomic E-state index is 13.5. The topological polar surface area (TPSA) is 106 Å². The zero-order valence-electron chi connectivity index (χ0n) is 16.6. The summed E-state index contributed by atoms with van der Waals surface area (Å²) in [7, 11) is 0. The molecule has 30 heavy (non-hydrogen) atoms. The summed E-state index contributed by atoms with van der Waals surface area (Å²) in [6.45, 7) is 2.16. The Labute approximate surface area is 175 Å². The van der Waals surface area contributed by atoms with E-state index in [0.29, 0.717) is 30.1 Å². The standard InChI is InChI=1S/C23H24N4O3/c24-30-23(29)19(17-9-10-18-16(14-17)8-4-11-25-18)20(22-26-12-5-13-27-22)21(28)15-6-2-1-3-7-15/h1-3,6-7,9-10,14,25H,4-5,8,11-13,24H2,(H,26,27). The van der Waals surface area contributed by atoms with Gasteiger partial charge in [-0.2, -0.15) is 5.90 Å². The van der Waals surface area contributed by atoms with E-state index in [1.807, 2.05) is 24.3 Å². The zero-order chi connectivity index (χ0) is 20.9. The quantitative estimate of drug-likeness (QED) is 0.402. The van der Waals surface area contributed by atoms with Gasteiger partial charge in [0.15, 0.2) is 5.78 Å². The predicted octanol–water partition coefficient (Wildman–Crippen LogP) is 2.49. The molecule has 0 unspecified atom stereocenters. The molecule has 4 rings (SSSR count). The largest absolute Gasteiger partial charge is 0.385 e. The molecule has 0 aromatic heterocycles. The molecule has 0 amide bonds. The molecular formula is C23H24N4O3. The van der Waals surface area contributed by atoms with Crippen LogP contribution in [0.25, 0.3) is 5.57 Å². The molecule has 0 bridgehead atoms. The Hall–Kier alpha value is -3.45. The van der Waals surface area contributed by atoms with E-state index >= 15 is 0 Å². The number of carbonyl (C=O) groups is 2.